The van der Waals surface area contributed by atoms with E-state index in [1.54, 1.807) is 24.0 Å². The molecular weight excluding hydrogens is 883 g/mol. The molecule has 1 atom stereocenters. The molecule has 1 unspecified atom stereocenters. The highest BCUT2D eigenvalue weighted by molar-refractivity contribution is 6.31. The Balaban J connectivity index is 0.00000112. The maximum atomic E-state index is 12.8. The molecule has 0 radical (unpaired) electrons. The van der Waals surface area contributed by atoms with Gasteiger partial charge in [-0.3, -0.25) is 39.9 Å². The van der Waals surface area contributed by atoms with Gasteiger partial charge in [-0.05, 0) is 88.4 Å². The molecule has 7 rings (SSSR count). The SMILES string of the molecule is CCNC(=O)CC1N=C(c2ccc(Cl)cc2)c2cc(OCCOCCOCCOc3ccc4c(c3)C(c3ccc(Cl)cc3)=NCC(=N)N4C(C)=N)ccc2-n2c(C)nnc21.CCNC(C)=O. The van der Waals surface area contributed by atoms with E-state index in [-0.39, 0.29) is 36.5 Å². The van der Waals surface area contributed by atoms with Gasteiger partial charge in [0.15, 0.2) is 5.82 Å². The molecule has 0 bridgehead atoms. The first-order valence-electron chi connectivity index (χ1n) is 21.6. The number of aliphatic imine (C=N–C) groups is 2. The summed E-state index contributed by atoms with van der Waals surface area (Å²) in [7, 11) is 0. The molecule has 0 fully saturated rings. The maximum absolute atomic E-state index is 12.8. The van der Waals surface area contributed by atoms with Crippen LogP contribution in [0.15, 0.2) is 94.9 Å². The van der Waals surface area contributed by atoms with E-state index in [0.717, 1.165) is 34.5 Å². The lowest BCUT2D eigenvalue weighted by molar-refractivity contribution is -0.121. The number of carbonyl (C=O) groups excluding carboxylic acids is 2. The van der Waals surface area contributed by atoms with E-state index in [2.05, 4.69) is 20.8 Å². The Bertz CT molecular complexity index is 2580. The molecule has 2 amide bonds. The Hall–Kier alpha value is -6.46. The van der Waals surface area contributed by atoms with Crippen molar-refractivity contribution >= 4 is 63.8 Å². The number of benzene rings is 4. The zero-order chi connectivity index (χ0) is 47.2. The number of hydrogen-bond donors (Lipinski definition) is 4. The third-order valence-corrected chi connectivity index (χ3v) is 10.6. The molecule has 66 heavy (non-hydrogen) atoms. The number of hydrogen-bond acceptors (Lipinski definition) is 12. The summed E-state index contributed by atoms with van der Waals surface area (Å²) in [5.41, 5.74) is 6.15. The van der Waals surface area contributed by atoms with E-state index < -0.39 is 6.04 Å². The molecule has 0 saturated heterocycles. The van der Waals surface area contributed by atoms with Gasteiger partial charge in [0.25, 0.3) is 0 Å². The molecule has 0 saturated carbocycles. The number of halogens is 2. The zero-order valence-electron chi connectivity index (χ0n) is 37.6. The van der Waals surface area contributed by atoms with Crippen molar-refractivity contribution in [3.05, 3.63) is 129 Å². The Labute approximate surface area is 394 Å². The van der Waals surface area contributed by atoms with Crippen LogP contribution in [0.5, 0.6) is 11.5 Å². The predicted molar refractivity (Wildman–Crippen MR) is 258 cm³/mol. The van der Waals surface area contributed by atoms with E-state index >= 15 is 0 Å². The summed E-state index contributed by atoms with van der Waals surface area (Å²) in [5.74, 6) is 2.86. The summed E-state index contributed by atoms with van der Waals surface area (Å²) in [5, 5.41) is 32.3. The van der Waals surface area contributed by atoms with Crippen LogP contribution in [0, 0.1) is 17.7 Å². The highest BCUT2D eigenvalue weighted by atomic mass is 35.5. The predicted octanol–water partition coefficient (Wildman–Crippen LogP) is 7.57. The molecule has 16 nitrogen and oxygen atoms in total. The zero-order valence-corrected chi connectivity index (χ0v) is 39.1. The smallest absolute Gasteiger partial charge is 0.222 e. The molecule has 1 aromatic heterocycles. The van der Waals surface area contributed by atoms with Crippen molar-refractivity contribution in [3.63, 3.8) is 0 Å². The average Bonchev–Trinajstić information content (AvgIpc) is 3.53. The number of rotatable bonds is 17. The van der Waals surface area contributed by atoms with E-state index in [1.807, 2.05) is 98.1 Å². The van der Waals surface area contributed by atoms with Crippen molar-refractivity contribution < 1.29 is 28.5 Å². The maximum Gasteiger partial charge on any atom is 0.222 e. The fraction of sp³-hybridized carbons (Fsp3) is 0.333. The van der Waals surface area contributed by atoms with E-state index in [1.165, 1.54) is 6.92 Å². The fourth-order valence-corrected chi connectivity index (χ4v) is 7.53. The highest BCUT2D eigenvalue weighted by Crippen LogP contribution is 2.35. The van der Waals surface area contributed by atoms with E-state index in [0.29, 0.717) is 96.5 Å². The standard InChI is InChI=1S/C44H45Cl2N9O5.C4H9NO/c1-4-49-41(56)25-37-44-53-52-28(3)55(44)39-16-14-34(24-36(39)43(51-37)30-7-11-32(46)12-8-30)60-22-20-58-18-17-57-19-21-59-33-13-15-38-35(23-33)42(29-5-9-31(45)10-6-29)50-26-40(48)54(38)27(2)47;1-3-5-4(2)6/h5-16,23-24,37,47-48H,4,17-22,25-26H2,1-3H3,(H,49,56);3H2,1-2H3,(H,5,6). The van der Waals surface area contributed by atoms with Crippen molar-refractivity contribution in [2.45, 2.75) is 47.1 Å². The summed E-state index contributed by atoms with van der Waals surface area (Å²) < 4.78 is 25.7. The third-order valence-electron chi connectivity index (χ3n) is 10.1. The van der Waals surface area contributed by atoms with Gasteiger partial charge in [0.2, 0.25) is 11.8 Å². The Morgan fingerprint density at radius 3 is 1.79 bits per heavy atom. The first-order chi connectivity index (χ1) is 31.9. The van der Waals surface area contributed by atoms with Crippen LogP contribution in [0.25, 0.3) is 5.69 Å². The summed E-state index contributed by atoms with van der Waals surface area (Å²) in [6.45, 7) is 12.2. The molecule has 4 N–H and O–H groups in total. The number of anilines is 1. The number of carbonyl (C=O) groups is 2. The van der Waals surface area contributed by atoms with Gasteiger partial charge in [0, 0.05) is 52.3 Å². The normalized spacial score (nSPS) is 13.9. The lowest BCUT2D eigenvalue weighted by Crippen LogP contribution is -2.35. The van der Waals surface area contributed by atoms with Gasteiger partial charge < -0.3 is 29.6 Å². The summed E-state index contributed by atoms with van der Waals surface area (Å²) >= 11 is 12.4. The van der Waals surface area contributed by atoms with E-state index in [9.17, 15) is 9.59 Å². The number of ether oxygens (including phenoxy) is 4. The quantitative estimate of drug-likeness (QED) is 0.0412. The molecule has 2 aliphatic heterocycles. The van der Waals surface area contributed by atoms with Crippen molar-refractivity contribution in [3.8, 4) is 17.2 Å². The molecule has 0 aliphatic carbocycles. The van der Waals surface area contributed by atoms with Crippen molar-refractivity contribution in [1.29, 1.82) is 10.8 Å². The topological polar surface area (TPSA) is 201 Å². The molecule has 346 valence electrons. The summed E-state index contributed by atoms with van der Waals surface area (Å²) in [4.78, 5) is 34.1. The number of benzodiazepines with no additional fused rings is 1. The monoisotopic (exact) mass is 936 g/mol. The molecule has 5 aromatic rings. The largest absolute Gasteiger partial charge is 0.491 e. The number of fused-ring (bicyclic) bond motifs is 4. The molecule has 4 aromatic carbocycles. The first-order valence-corrected chi connectivity index (χ1v) is 22.3. The number of nitrogens with zero attached hydrogens (tertiary/aromatic N) is 6. The van der Waals surface area contributed by atoms with Crippen LogP contribution in [0.3, 0.4) is 0 Å². The Morgan fingerprint density at radius 2 is 1.26 bits per heavy atom. The minimum atomic E-state index is -0.569. The summed E-state index contributed by atoms with van der Waals surface area (Å²) in [6.07, 6.45) is 0.116. The second-order valence-electron chi connectivity index (χ2n) is 15.0. The van der Waals surface area contributed by atoms with Crippen LogP contribution in [-0.4, -0.2) is 109 Å². The highest BCUT2D eigenvalue weighted by Gasteiger charge is 2.30. The Kier molecular flexibility index (Phi) is 17.5. The van der Waals surface area contributed by atoms with Crippen molar-refractivity contribution in [2.75, 3.05) is 64.2 Å². The number of amides is 2. The van der Waals surface area contributed by atoms with Crippen LogP contribution < -0.4 is 25.0 Å². The number of aryl methyl sites for hydroxylation is 1. The number of nitrogens with one attached hydrogen (secondary N) is 4. The van der Waals surface area contributed by atoms with E-state index in [4.69, 9.17) is 63.0 Å². The summed E-state index contributed by atoms with van der Waals surface area (Å²) in [6, 6.07) is 25.6. The van der Waals surface area contributed by atoms with Crippen LogP contribution in [0.2, 0.25) is 10.0 Å². The van der Waals surface area contributed by atoms with Gasteiger partial charge >= 0.3 is 0 Å². The van der Waals surface area contributed by atoms with Gasteiger partial charge in [-0.25, -0.2) is 0 Å². The van der Waals surface area contributed by atoms with Crippen molar-refractivity contribution in [1.82, 2.24) is 25.4 Å². The average molecular weight is 938 g/mol. The number of aromatic nitrogens is 3. The third kappa shape index (κ3) is 12.7. The van der Waals surface area contributed by atoms with Crippen LogP contribution in [0.1, 0.15) is 74.1 Å². The lowest BCUT2D eigenvalue weighted by Gasteiger charge is -2.24. The molecule has 0 spiro atoms. The molecule has 2 aliphatic rings. The van der Waals surface area contributed by atoms with Gasteiger partial charge in [0.1, 0.15) is 48.3 Å². The van der Waals surface area contributed by atoms with Gasteiger partial charge in [-0.1, -0.05) is 47.5 Å². The minimum absolute atomic E-state index is 0.0394. The molecule has 18 heteroatoms. The van der Waals surface area contributed by atoms with Crippen LogP contribution >= 0.6 is 23.2 Å². The van der Waals surface area contributed by atoms with Crippen LogP contribution in [0.4, 0.5) is 5.69 Å². The van der Waals surface area contributed by atoms with Gasteiger partial charge in [-0.2, -0.15) is 0 Å². The van der Waals surface area contributed by atoms with Gasteiger partial charge in [-0.15, -0.1) is 10.2 Å². The minimum Gasteiger partial charge on any atom is -0.491 e. The van der Waals surface area contributed by atoms with Crippen molar-refractivity contribution in [2.24, 2.45) is 9.98 Å². The first kappa shape index (κ1) is 49.0. The molecule has 3 heterocycles. The second kappa shape index (κ2) is 23.6. The van der Waals surface area contributed by atoms with Crippen LogP contribution in [-0.2, 0) is 19.1 Å². The second-order valence-corrected chi connectivity index (χ2v) is 15.9. The fourth-order valence-electron chi connectivity index (χ4n) is 7.27. The molecular formula is C48H54Cl2N10O6. The number of amidine groups is 2. The Morgan fingerprint density at radius 1 is 0.727 bits per heavy atom. The van der Waals surface area contributed by atoms with Gasteiger partial charge in [0.05, 0.1) is 62.2 Å². The lowest BCUT2D eigenvalue weighted by atomic mass is 9.99.